The van der Waals surface area contributed by atoms with E-state index in [0.717, 1.165) is 16.7 Å². The Morgan fingerprint density at radius 1 is 0.625 bits per heavy atom. The van der Waals surface area contributed by atoms with Crippen LogP contribution in [0.5, 0.6) is 0 Å². The van der Waals surface area contributed by atoms with Crippen LogP contribution in [0.1, 0.15) is 32.6 Å². The minimum absolute atomic E-state index is 0.0396. The van der Waals surface area contributed by atoms with E-state index in [1.807, 2.05) is 116 Å². The SMILES string of the molecule is Cc1ccc(C(=O)C(/C(=C\c2ccccc2)c2ccccc2)=C(/O)c2ccccc2)cc1. The van der Waals surface area contributed by atoms with Crippen molar-refractivity contribution in [3.05, 3.63) is 149 Å². The highest BCUT2D eigenvalue weighted by atomic mass is 16.3. The molecule has 0 aliphatic heterocycles. The van der Waals surface area contributed by atoms with Crippen LogP contribution in [-0.4, -0.2) is 10.9 Å². The van der Waals surface area contributed by atoms with Gasteiger partial charge in [-0.05, 0) is 29.7 Å². The maximum Gasteiger partial charge on any atom is 0.197 e. The van der Waals surface area contributed by atoms with E-state index < -0.39 is 0 Å². The zero-order chi connectivity index (χ0) is 22.3. The van der Waals surface area contributed by atoms with Gasteiger partial charge >= 0.3 is 0 Å². The van der Waals surface area contributed by atoms with Crippen LogP contribution in [0.3, 0.4) is 0 Å². The first-order valence-corrected chi connectivity index (χ1v) is 10.6. The van der Waals surface area contributed by atoms with Crippen LogP contribution in [0.2, 0.25) is 0 Å². The van der Waals surface area contributed by atoms with Gasteiger partial charge in [0.1, 0.15) is 5.76 Å². The summed E-state index contributed by atoms with van der Waals surface area (Å²) in [6, 6.07) is 36.2. The number of carbonyl (C=O) groups excluding carboxylic acids is 1. The summed E-state index contributed by atoms with van der Waals surface area (Å²) in [6.07, 6.45) is 1.95. The summed E-state index contributed by atoms with van der Waals surface area (Å²) < 4.78 is 0. The van der Waals surface area contributed by atoms with Gasteiger partial charge in [-0.15, -0.1) is 0 Å². The number of aryl methyl sites for hydroxylation is 1. The third kappa shape index (κ3) is 4.76. The summed E-state index contributed by atoms with van der Waals surface area (Å²) in [5, 5.41) is 11.4. The fourth-order valence-electron chi connectivity index (χ4n) is 3.58. The lowest BCUT2D eigenvalue weighted by Gasteiger charge is -2.16. The zero-order valence-corrected chi connectivity index (χ0v) is 17.9. The van der Waals surface area contributed by atoms with Crippen molar-refractivity contribution >= 4 is 23.2 Å². The molecule has 0 aromatic heterocycles. The number of hydrogen-bond donors (Lipinski definition) is 1. The van der Waals surface area contributed by atoms with Gasteiger partial charge in [-0.1, -0.05) is 121 Å². The maximum absolute atomic E-state index is 13.8. The van der Waals surface area contributed by atoms with Gasteiger partial charge in [0.2, 0.25) is 0 Å². The lowest BCUT2D eigenvalue weighted by molar-refractivity contribution is 0.103. The van der Waals surface area contributed by atoms with Crippen LogP contribution >= 0.6 is 0 Å². The molecule has 32 heavy (non-hydrogen) atoms. The molecule has 0 aliphatic rings. The Balaban J connectivity index is 1.98. The largest absolute Gasteiger partial charge is 0.507 e. The van der Waals surface area contributed by atoms with E-state index in [1.54, 1.807) is 12.1 Å². The van der Waals surface area contributed by atoms with E-state index >= 15 is 0 Å². The fourth-order valence-corrected chi connectivity index (χ4v) is 3.58. The second-order valence-corrected chi connectivity index (χ2v) is 7.62. The number of Topliss-reactive ketones (excluding diaryl/α,β-unsaturated/α-hetero) is 1. The molecule has 156 valence electrons. The van der Waals surface area contributed by atoms with Crippen molar-refractivity contribution in [2.24, 2.45) is 0 Å². The Kier molecular flexibility index (Phi) is 6.43. The standard InChI is InChI=1S/C30H24O2/c1-22-17-19-26(20-18-22)30(32)28(29(31)25-15-9-4-10-16-25)27(24-13-7-3-8-14-24)21-23-11-5-2-6-12-23/h2-21,31H,1H3/b27-21-,29-28+. The van der Waals surface area contributed by atoms with E-state index in [4.69, 9.17) is 0 Å². The normalized spacial score (nSPS) is 12.2. The number of allylic oxidation sites excluding steroid dienone is 2. The third-order valence-corrected chi connectivity index (χ3v) is 5.29. The van der Waals surface area contributed by atoms with Gasteiger partial charge in [0.05, 0.1) is 5.57 Å². The molecule has 0 bridgehead atoms. The monoisotopic (exact) mass is 416 g/mol. The van der Waals surface area contributed by atoms with Gasteiger partial charge in [-0.3, -0.25) is 4.79 Å². The van der Waals surface area contributed by atoms with Gasteiger partial charge in [0.15, 0.2) is 5.78 Å². The second-order valence-electron chi connectivity index (χ2n) is 7.62. The molecule has 2 nitrogen and oxygen atoms in total. The van der Waals surface area contributed by atoms with Crippen molar-refractivity contribution in [3.63, 3.8) is 0 Å². The molecule has 0 radical (unpaired) electrons. The molecule has 2 heteroatoms. The molecule has 0 spiro atoms. The molecule has 4 rings (SSSR count). The molecule has 0 heterocycles. The van der Waals surface area contributed by atoms with Gasteiger partial charge in [-0.2, -0.15) is 0 Å². The van der Waals surface area contributed by atoms with E-state index in [-0.39, 0.29) is 17.1 Å². The third-order valence-electron chi connectivity index (χ3n) is 5.29. The lowest BCUT2D eigenvalue weighted by atomic mass is 9.88. The number of aliphatic hydroxyl groups is 1. The number of rotatable bonds is 6. The summed E-state index contributed by atoms with van der Waals surface area (Å²) in [6.45, 7) is 1.98. The summed E-state index contributed by atoms with van der Waals surface area (Å²) in [5.74, 6) is -0.264. The lowest BCUT2D eigenvalue weighted by Crippen LogP contribution is -2.09. The minimum Gasteiger partial charge on any atom is -0.507 e. The summed E-state index contributed by atoms with van der Waals surface area (Å²) >= 11 is 0. The first-order valence-electron chi connectivity index (χ1n) is 10.6. The van der Waals surface area contributed by atoms with Crippen molar-refractivity contribution in [2.45, 2.75) is 6.92 Å². The van der Waals surface area contributed by atoms with Crippen LogP contribution in [0.25, 0.3) is 17.4 Å². The van der Waals surface area contributed by atoms with Crippen molar-refractivity contribution in [2.75, 3.05) is 0 Å². The van der Waals surface area contributed by atoms with Crippen molar-refractivity contribution in [3.8, 4) is 0 Å². The van der Waals surface area contributed by atoms with E-state index in [2.05, 4.69) is 0 Å². The minimum atomic E-state index is -0.225. The predicted molar refractivity (Wildman–Crippen MR) is 132 cm³/mol. The van der Waals surface area contributed by atoms with Crippen LogP contribution in [-0.2, 0) is 0 Å². The molecule has 0 amide bonds. The summed E-state index contributed by atoms with van der Waals surface area (Å²) in [7, 11) is 0. The molecule has 0 fully saturated rings. The Labute approximate surface area is 188 Å². The average molecular weight is 417 g/mol. The van der Waals surface area contributed by atoms with Crippen LogP contribution in [0.4, 0.5) is 0 Å². The van der Waals surface area contributed by atoms with Crippen molar-refractivity contribution in [1.29, 1.82) is 0 Å². The number of hydrogen-bond acceptors (Lipinski definition) is 2. The van der Waals surface area contributed by atoms with Crippen molar-refractivity contribution in [1.82, 2.24) is 0 Å². The number of ketones is 1. The highest BCUT2D eigenvalue weighted by molar-refractivity contribution is 6.24. The second kappa shape index (κ2) is 9.76. The molecule has 0 atom stereocenters. The number of carbonyl (C=O) groups is 1. The predicted octanol–water partition coefficient (Wildman–Crippen LogP) is 7.39. The molecule has 4 aromatic rings. The Morgan fingerprint density at radius 2 is 1.12 bits per heavy atom. The zero-order valence-electron chi connectivity index (χ0n) is 17.9. The molecular weight excluding hydrogens is 392 g/mol. The first-order chi connectivity index (χ1) is 15.6. The van der Waals surface area contributed by atoms with Crippen LogP contribution < -0.4 is 0 Å². The number of benzene rings is 4. The summed E-state index contributed by atoms with van der Waals surface area (Å²) in [5.41, 5.74) is 4.94. The number of aliphatic hydroxyl groups excluding tert-OH is 1. The van der Waals surface area contributed by atoms with Gasteiger partial charge in [-0.25, -0.2) is 0 Å². The molecule has 0 saturated carbocycles. The van der Waals surface area contributed by atoms with Gasteiger partial charge < -0.3 is 5.11 Å². The molecule has 4 aromatic carbocycles. The Hall–Kier alpha value is -4.17. The van der Waals surface area contributed by atoms with Crippen LogP contribution in [0, 0.1) is 6.92 Å². The smallest absolute Gasteiger partial charge is 0.197 e. The summed E-state index contributed by atoms with van der Waals surface area (Å²) in [4.78, 5) is 13.8. The molecule has 1 N–H and O–H groups in total. The molecule has 0 aliphatic carbocycles. The highest BCUT2D eigenvalue weighted by Gasteiger charge is 2.23. The quantitative estimate of drug-likeness (QED) is 0.117. The van der Waals surface area contributed by atoms with E-state index in [1.165, 1.54) is 0 Å². The topological polar surface area (TPSA) is 37.3 Å². The Morgan fingerprint density at radius 3 is 1.69 bits per heavy atom. The molecular formula is C30H24O2. The maximum atomic E-state index is 13.8. The molecule has 0 unspecified atom stereocenters. The van der Waals surface area contributed by atoms with E-state index in [0.29, 0.717) is 16.7 Å². The highest BCUT2D eigenvalue weighted by Crippen LogP contribution is 2.33. The van der Waals surface area contributed by atoms with Crippen LogP contribution in [0.15, 0.2) is 121 Å². The van der Waals surface area contributed by atoms with Gasteiger partial charge in [0.25, 0.3) is 0 Å². The molecule has 0 saturated heterocycles. The average Bonchev–Trinajstić information content (AvgIpc) is 2.85. The Bertz CT molecular complexity index is 1250. The van der Waals surface area contributed by atoms with Gasteiger partial charge in [0, 0.05) is 11.1 Å². The first kappa shape index (κ1) is 21.1. The van der Waals surface area contributed by atoms with E-state index in [9.17, 15) is 9.90 Å². The van der Waals surface area contributed by atoms with Crippen molar-refractivity contribution < 1.29 is 9.90 Å². The fraction of sp³-hybridized carbons (Fsp3) is 0.0333.